The van der Waals surface area contributed by atoms with E-state index in [-0.39, 0.29) is 11.5 Å². The zero-order valence-corrected chi connectivity index (χ0v) is 15.8. The van der Waals surface area contributed by atoms with Gasteiger partial charge in [0.05, 0.1) is 18.9 Å². The van der Waals surface area contributed by atoms with Gasteiger partial charge in [0.1, 0.15) is 23.1 Å². The number of nitrogens with zero attached hydrogens (tertiary/aromatic N) is 3. The summed E-state index contributed by atoms with van der Waals surface area (Å²) < 4.78 is 13.6. The normalized spacial score (nSPS) is 12.4. The predicted molar refractivity (Wildman–Crippen MR) is 104 cm³/mol. The van der Waals surface area contributed by atoms with Gasteiger partial charge in [-0.1, -0.05) is 18.2 Å². The zero-order chi connectivity index (χ0) is 19.8. The number of carbonyl (C=O) groups excluding carboxylic acids is 1. The molecule has 28 heavy (non-hydrogen) atoms. The molecule has 1 N–H and O–H groups in total. The van der Waals surface area contributed by atoms with E-state index in [0.717, 1.165) is 11.1 Å². The fourth-order valence-electron chi connectivity index (χ4n) is 3.35. The largest absolute Gasteiger partial charge is 0.496 e. The van der Waals surface area contributed by atoms with Gasteiger partial charge in [0.15, 0.2) is 5.58 Å². The SMILES string of the molecule is COc1ccccc1CNC(=O)[C@H](C)n1nc(C)n2c(cc3occc32)c1=O. The molecule has 144 valence electrons. The maximum absolute atomic E-state index is 12.9. The molecule has 0 fully saturated rings. The topological polar surface area (TPSA) is 90.8 Å². The summed E-state index contributed by atoms with van der Waals surface area (Å²) in [5, 5.41) is 7.20. The van der Waals surface area contributed by atoms with E-state index in [0.29, 0.717) is 29.2 Å². The van der Waals surface area contributed by atoms with Gasteiger partial charge in [-0.3, -0.25) is 14.0 Å². The summed E-state index contributed by atoms with van der Waals surface area (Å²) in [6.07, 6.45) is 1.57. The van der Waals surface area contributed by atoms with Crippen LogP contribution in [-0.2, 0) is 11.3 Å². The Morgan fingerprint density at radius 3 is 2.86 bits per heavy atom. The molecular formula is C20H20N4O4. The number of aryl methyl sites for hydroxylation is 1. The van der Waals surface area contributed by atoms with E-state index in [2.05, 4.69) is 10.4 Å². The first-order valence-electron chi connectivity index (χ1n) is 8.89. The Bertz CT molecular complexity index is 1230. The second-order valence-corrected chi connectivity index (χ2v) is 6.54. The number of furan rings is 1. The summed E-state index contributed by atoms with van der Waals surface area (Å²) in [5.74, 6) is 0.980. The molecule has 0 unspecified atom stereocenters. The van der Waals surface area contributed by atoms with Crippen molar-refractivity contribution in [3.05, 3.63) is 64.4 Å². The van der Waals surface area contributed by atoms with E-state index in [9.17, 15) is 9.59 Å². The van der Waals surface area contributed by atoms with Crippen LogP contribution in [0.2, 0.25) is 0 Å². The maximum atomic E-state index is 12.9. The highest BCUT2D eigenvalue weighted by molar-refractivity contribution is 5.83. The maximum Gasteiger partial charge on any atom is 0.291 e. The number of hydrogen-bond donors (Lipinski definition) is 1. The molecule has 0 aliphatic heterocycles. The highest BCUT2D eigenvalue weighted by Gasteiger charge is 2.21. The van der Waals surface area contributed by atoms with Crippen molar-refractivity contribution in [2.24, 2.45) is 0 Å². The van der Waals surface area contributed by atoms with Crippen molar-refractivity contribution < 1.29 is 13.9 Å². The number of fused-ring (bicyclic) bond motifs is 3. The van der Waals surface area contributed by atoms with Gasteiger partial charge in [-0.25, -0.2) is 4.68 Å². The minimum Gasteiger partial charge on any atom is -0.496 e. The van der Waals surface area contributed by atoms with Crippen molar-refractivity contribution in [2.75, 3.05) is 7.11 Å². The molecule has 0 spiro atoms. The van der Waals surface area contributed by atoms with Crippen LogP contribution in [0, 0.1) is 6.92 Å². The van der Waals surface area contributed by atoms with Crippen LogP contribution in [-0.4, -0.2) is 27.2 Å². The van der Waals surface area contributed by atoms with Crippen molar-refractivity contribution in [1.29, 1.82) is 0 Å². The molecule has 0 saturated carbocycles. The summed E-state index contributed by atoms with van der Waals surface area (Å²) in [5.41, 5.74) is 2.30. The number of carbonyl (C=O) groups is 1. The second kappa shape index (κ2) is 6.88. The first-order chi connectivity index (χ1) is 13.5. The monoisotopic (exact) mass is 380 g/mol. The molecule has 0 radical (unpaired) electrons. The number of hydrogen-bond acceptors (Lipinski definition) is 5. The number of methoxy groups -OCH3 is 1. The van der Waals surface area contributed by atoms with Crippen LogP contribution in [0.25, 0.3) is 16.6 Å². The lowest BCUT2D eigenvalue weighted by molar-refractivity contribution is -0.124. The molecule has 1 amide bonds. The Morgan fingerprint density at radius 1 is 1.29 bits per heavy atom. The third-order valence-electron chi connectivity index (χ3n) is 4.82. The Labute approximate surface area is 160 Å². The fraction of sp³-hybridized carbons (Fsp3) is 0.250. The number of benzene rings is 1. The van der Waals surface area contributed by atoms with Gasteiger partial charge in [-0.05, 0) is 19.9 Å². The molecule has 1 aromatic carbocycles. The van der Waals surface area contributed by atoms with Gasteiger partial charge in [-0.2, -0.15) is 5.10 Å². The average molecular weight is 380 g/mol. The minimum atomic E-state index is -0.771. The molecule has 0 saturated heterocycles. The highest BCUT2D eigenvalue weighted by atomic mass is 16.5. The van der Waals surface area contributed by atoms with Crippen molar-refractivity contribution in [3.63, 3.8) is 0 Å². The molecule has 1 atom stereocenters. The van der Waals surface area contributed by atoms with Gasteiger partial charge >= 0.3 is 0 Å². The molecule has 0 bridgehead atoms. The Hall–Kier alpha value is -3.55. The lowest BCUT2D eigenvalue weighted by Gasteiger charge is -2.16. The molecule has 3 aromatic heterocycles. The quantitative estimate of drug-likeness (QED) is 0.574. The van der Waals surface area contributed by atoms with Crippen molar-refractivity contribution in [2.45, 2.75) is 26.4 Å². The van der Waals surface area contributed by atoms with Gasteiger partial charge in [0.25, 0.3) is 5.56 Å². The predicted octanol–water partition coefficient (Wildman–Crippen LogP) is 2.44. The first-order valence-corrected chi connectivity index (χ1v) is 8.89. The third-order valence-corrected chi connectivity index (χ3v) is 4.82. The van der Waals surface area contributed by atoms with Crippen LogP contribution < -0.4 is 15.6 Å². The van der Waals surface area contributed by atoms with Crippen molar-refractivity contribution >= 4 is 22.5 Å². The smallest absolute Gasteiger partial charge is 0.291 e. The molecule has 4 aromatic rings. The van der Waals surface area contributed by atoms with E-state index in [1.807, 2.05) is 24.3 Å². The highest BCUT2D eigenvalue weighted by Crippen LogP contribution is 2.21. The van der Waals surface area contributed by atoms with E-state index < -0.39 is 6.04 Å². The third kappa shape index (κ3) is 2.83. The van der Waals surface area contributed by atoms with E-state index in [1.54, 1.807) is 43.8 Å². The lowest BCUT2D eigenvalue weighted by atomic mass is 10.2. The number of aromatic nitrogens is 3. The van der Waals surface area contributed by atoms with Gasteiger partial charge in [-0.15, -0.1) is 0 Å². The summed E-state index contributed by atoms with van der Waals surface area (Å²) in [6.45, 7) is 3.73. The van der Waals surface area contributed by atoms with E-state index in [1.165, 1.54) is 4.68 Å². The molecule has 4 rings (SSSR count). The number of rotatable bonds is 5. The number of ether oxygens (including phenoxy) is 1. The van der Waals surface area contributed by atoms with Crippen LogP contribution in [0.3, 0.4) is 0 Å². The van der Waals surface area contributed by atoms with Crippen LogP contribution in [0.4, 0.5) is 0 Å². The van der Waals surface area contributed by atoms with Crippen LogP contribution in [0.15, 0.2) is 51.9 Å². The Kier molecular flexibility index (Phi) is 4.38. The van der Waals surface area contributed by atoms with Gasteiger partial charge in [0, 0.05) is 24.2 Å². The van der Waals surface area contributed by atoms with Crippen LogP contribution in [0.5, 0.6) is 5.75 Å². The van der Waals surface area contributed by atoms with Gasteiger partial charge < -0.3 is 14.5 Å². The molecule has 8 nitrogen and oxygen atoms in total. The second-order valence-electron chi connectivity index (χ2n) is 6.54. The average Bonchev–Trinajstić information content (AvgIpc) is 3.30. The van der Waals surface area contributed by atoms with E-state index in [4.69, 9.17) is 9.15 Å². The number of para-hydroxylation sites is 1. The number of nitrogens with one attached hydrogen (secondary N) is 1. The molecular weight excluding hydrogens is 360 g/mol. The molecule has 0 aliphatic carbocycles. The number of amides is 1. The zero-order valence-electron chi connectivity index (χ0n) is 15.8. The lowest BCUT2D eigenvalue weighted by Crippen LogP contribution is -2.38. The van der Waals surface area contributed by atoms with Gasteiger partial charge in [0.2, 0.25) is 5.91 Å². The Morgan fingerprint density at radius 2 is 2.07 bits per heavy atom. The summed E-state index contributed by atoms with van der Waals surface area (Å²) >= 11 is 0. The molecule has 3 heterocycles. The van der Waals surface area contributed by atoms with Crippen LogP contribution in [0.1, 0.15) is 24.4 Å². The summed E-state index contributed by atoms with van der Waals surface area (Å²) in [4.78, 5) is 25.6. The molecule has 0 aliphatic rings. The summed E-state index contributed by atoms with van der Waals surface area (Å²) in [6, 6.07) is 10.1. The van der Waals surface area contributed by atoms with Crippen LogP contribution >= 0.6 is 0 Å². The standard InChI is InChI=1S/C20H20N4O4/c1-12(19(25)21-11-14-6-4-5-7-17(14)27-3)24-20(26)16-10-18-15(8-9-28-18)23(16)13(2)22-24/h4-10,12H,11H2,1-3H3,(H,21,25)/t12-/m0/s1. The molecule has 8 heteroatoms. The van der Waals surface area contributed by atoms with Crippen molar-refractivity contribution in [1.82, 2.24) is 19.5 Å². The minimum absolute atomic E-state index is 0.293. The van der Waals surface area contributed by atoms with Crippen molar-refractivity contribution in [3.8, 4) is 5.75 Å². The fourth-order valence-corrected chi connectivity index (χ4v) is 3.35. The first kappa shape index (κ1) is 17.8. The Balaban J connectivity index is 1.63. The van der Waals surface area contributed by atoms with E-state index >= 15 is 0 Å². The summed E-state index contributed by atoms with van der Waals surface area (Å²) in [7, 11) is 1.58.